The van der Waals surface area contributed by atoms with E-state index in [4.69, 9.17) is 23.8 Å². The smallest absolute Gasteiger partial charge is 0.170 e. The molecule has 1 aliphatic heterocycles. The van der Waals surface area contributed by atoms with Crippen LogP contribution in [-0.2, 0) is 0 Å². The summed E-state index contributed by atoms with van der Waals surface area (Å²) in [5.74, 6) is 0.188. The van der Waals surface area contributed by atoms with E-state index in [0.717, 1.165) is 40.8 Å². The van der Waals surface area contributed by atoms with Crippen LogP contribution in [0.1, 0.15) is 34.7 Å². The summed E-state index contributed by atoms with van der Waals surface area (Å²) in [6.07, 6.45) is 1.81. The zero-order valence-corrected chi connectivity index (χ0v) is 20.3. The number of aryl methyl sites for hydroxylation is 1. The lowest BCUT2D eigenvalue weighted by Gasteiger charge is -2.29. The maximum absolute atomic E-state index is 10.5. The average molecular weight is 470 g/mol. The highest BCUT2D eigenvalue weighted by molar-refractivity contribution is 7.80. The number of hydrogen-bond donors (Lipinski definition) is 2. The van der Waals surface area contributed by atoms with Crippen molar-refractivity contribution in [3.05, 3.63) is 76.3 Å². The van der Waals surface area contributed by atoms with Gasteiger partial charge in [0.05, 0.1) is 23.5 Å². The zero-order valence-electron chi connectivity index (χ0n) is 18.7. The molecule has 1 saturated heterocycles. The van der Waals surface area contributed by atoms with Gasteiger partial charge in [0.15, 0.2) is 5.11 Å². The highest BCUT2D eigenvalue weighted by Gasteiger charge is 2.41. The normalized spacial score (nSPS) is 18.4. The Kier molecular flexibility index (Phi) is 6.42. The number of aromatic nitrogens is 2. The Labute approximate surface area is 199 Å². The average Bonchev–Trinajstić information content (AvgIpc) is 3.24. The predicted molar refractivity (Wildman–Crippen MR) is 133 cm³/mol. The molecule has 0 saturated carbocycles. The Balaban J connectivity index is 1.83. The van der Waals surface area contributed by atoms with Crippen LogP contribution < -0.4 is 5.32 Å². The van der Waals surface area contributed by atoms with Crippen molar-refractivity contribution in [1.82, 2.24) is 24.7 Å². The third kappa shape index (κ3) is 4.20. The number of benzene rings is 1. The van der Waals surface area contributed by atoms with Gasteiger partial charge >= 0.3 is 0 Å². The predicted octanol–water partition coefficient (Wildman–Crippen LogP) is 4.38. The molecule has 2 N–H and O–H groups in total. The Morgan fingerprint density at radius 2 is 1.97 bits per heavy atom. The standard InChI is InChI=1S/C24H28ClN5OS/c1-15-13-18(16(2)30(15)20-14-17(25)8-9-21(20)31)23-22(19-7-5-6-10-26-19)27-24(32)29(23)12-11-28(3)4/h5-10,13-14,22-23,31H,11-12H2,1-4H3,(H,27,32)/t22-,23-/m1/s1. The highest BCUT2D eigenvalue weighted by atomic mass is 35.5. The van der Waals surface area contributed by atoms with Crippen LogP contribution in [0.3, 0.4) is 0 Å². The molecule has 6 nitrogen and oxygen atoms in total. The molecule has 4 rings (SSSR count). The van der Waals surface area contributed by atoms with E-state index in [9.17, 15) is 5.11 Å². The van der Waals surface area contributed by atoms with Gasteiger partial charge in [0.1, 0.15) is 5.75 Å². The van der Waals surface area contributed by atoms with Crippen LogP contribution >= 0.6 is 23.8 Å². The first-order valence-corrected chi connectivity index (χ1v) is 11.4. The first-order chi connectivity index (χ1) is 15.3. The molecule has 1 fully saturated rings. The molecular formula is C24H28ClN5OS. The second-order valence-electron chi connectivity index (χ2n) is 8.42. The minimum Gasteiger partial charge on any atom is -0.506 e. The van der Waals surface area contributed by atoms with Gasteiger partial charge in [0.25, 0.3) is 0 Å². The minimum atomic E-state index is -0.0761. The number of likely N-dealkylation sites (N-methyl/N-ethyl adjacent to an activating group) is 1. The third-order valence-electron chi connectivity index (χ3n) is 5.95. The molecule has 0 unspecified atom stereocenters. The SMILES string of the molecule is Cc1cc([C@@H]2[C@@H](c3ccccn3)NC(=S)N2CCN(C)C)c(C)n1-c1cc(Cl)ccc1O. The van der Waals surface area contributed by atoms with Crippen molar-refractivity contribution in [2.45, 2.75) is 25.9 Å². The van der Waals surface area contributed by atoms with E-state index >= 15 is 0 Å². The number of thiocarbonyl (C=S) groups is 1. The monoisotopic (exact) mass is 469 g/mol. The summed E-state index contributed by atoms with van der Waals surface area (Å²) in [5, 5.41) is 15.4. The summed E-state index contributed by atoms with van der Waals surface area (Å²) in [6, 6.07) is 13.1. The number of phenolic OH excluding ortho intramolecular Hbond substituents is 1. The number of nitrogens with one attached hydrogen (secondary N) is 1. The van der Waals surface area contributed by atoms with Crippen LogP contribution in [-0.4, -0.2) is 56.8 Å². The minimum absolute atomic E-state index is 0.0290. The van der Waals surface area contributed by atoms with Crippen LogP contribution in [0.25, 0.3) is 5.69 Å². The lowest BCUT2D eigenvalue weighted by molar-refractivity contribution is 0.277. The summed E-state index contributed by atoms with van der Waals surface area (Å²) >= 11 is 12.0. The lowest BCUT2D eigenvalue weighted by Crippen LogP contribution is -2.35. The van der Waals surface area contributed by atoms with Gasteiger partial charge in [-0.05, 0) is 82.1 Å². The second kappa shape index (κ2) is 9.10. The Hall–Kier alpha value is -2.61. The van der Waals surface area contributed by atoms with Crippen LogP contribution in [0.5, 0.6) is 5.75 Å². The first kappa shape index (κ1) is 22.6. The van der Waals surface area contributed by atoms with E-state index in [1.165, 1.54) is 0 Å². The quantitative estimate of drug-likeness (QED) is 0.522. The molecule has 0 spiro atoms. The molecule has 3 aromatic rings. The van der Waals surface area contributed by atoms with Crippen LogP contribution in [0.15, 0.2) is 48.7 Å². The molecule has 1 aromatic carbocycles. The van der Waals surface area contributed by atoms with Gasteiger partial charge in [-0.15, -0.1) is 0 Å². The number of phenols is 1. The Morgan fingerprint density at radius 3 is 2.66 bits per heavy atom. The Bertz CT molecular complexity index is 1130. The molecule has 2 aromatic heterocycles. The summed E-state index contributed by atoms with van der Waals surface area (Å²) in [4.78, 5) is 9.02. The van der Waals surface area contributed by atoms with E-state index < -0.39 is 0 Å². The second-order valence-corrected chi connectivity index (χ2v) is 9.24. The fraction of sp³-hybridized carbons (Fsp3) is 0.333. The molecule has 0 bridgehead atoms. The van der Waals surface area contributed by atoms with Crippen molar-refractivity contribution in [3.8, 4) is 11.4 Å². The first-order valence-electron chi connectivity index (χ1n) is 10.6. The maximum Gasteiger partial charge on any atom is 0.170 e. The molecule has 0 aliphatic carbocycles. The molecule has 8 heteroatoms. The summed E-state index contributed by atoms with van der Waals surface area (Å²) in [5.41, 5.74) is 4.81. The van der Waals surface area contributed by atoms with Crippen LogP contribution in [0, 0.1) is 13.8 Å². The van der Waals surface area contributed by atoms with E-state index in [-0.39, 0.29) is 17.8 Å². The van der Waals surface area contributed by atoms with Crippen molar-refractivity contribution >= 4 is 28.9 Å². The van der Waals surface area contributed by atoms with E-state index in [0.29, 0.717) is 10.7 Å². The van der Waals surface area contributed by atoms with Gasteiger partial charge in [-0.2, -0.15) is 0 Å². The number of nitrogens with zero attached hydrogens (tertiary/aromatic N) is 4. The van der Waals surface area contributed by atoms with Gasteiger partial charge in [0.2, 0.25) is 0 Å². The highest BCUT2D eigenvalue weighted by Crippen LogP contribution is 2.42. The van der Waals surface area contributed by atoms with Crippen LogP contribution in [0.4, 0.5) is 0 Å². The van der Waals surface area contributed by atoms with Crippen molar-refractivity contribution in [2.24, 2.45) is 0 Å². The van der Waals surface area contributed by atoms with Gasteiger partial charge in [0, 0.05) is 35.7 Å². The molecule has 1 aliphatic rings. The third-order valence-corrected chi connectivity index (χ3v) is 6.54. The molecular weight excluding hydrogens is 442 g/mol. The van der Waals surface area contributed by atoms with Crippen molar-refractivity contribution in [2.75, 3.05) is 27.2 Å². The van der Waals surface area contributed by atoms with Gasteiger partial charge in [-0.25, -0.2) is 0 Å². The lowest BCUT2D eigenvalue weighted by atomic mass is 9.96. The summed E-state index contributed by atoms with van der Waals surface area (Å²) in [7, 11) is 4.12. The van der Waals surface area contributed by atoms with E-state index in [2.05, 4.69) is 51.8 Å². The van der Waals surface area contributed by atoms with Crippen molar-refractivity contribution in [1.29, 1.82) is 0 Å². The number of aromatic hydroxyl groups is 1. The molecule has 32 heavy (non-hydrogen) atoms. The molecule has 0 amide bonds. The molecule has 0 radical (unpaired) electrons. The summed E-state index contributed by atoms with van der Waals surface area (Å²) in [6.45, 7) is 5.78. The topological polar surface area (TPSA) is 56.6 Å². The summed E-state index contributed by atoms with van der Waals surface area (Å²) < 4.78 is 2.05. The molecule has 168 valence electrons. The zero-order chi connectivity index (χ0) is 23.0. The molecule has 3 heterocycles. The number of rotatable bonds is 6. The van der Waals surface area contributed by atoms with Gasteiger partial charge < -0.3 is 24.8 Å². The number of hydrogen-bond acceptors (Lipinski definition) is 4. The number of pyridine rings is 1. The maximum atomic E-state index is 10.5. The number of halogens is 1. The molecule has 2 atom stereocenters. The largest absolute Gasteiger partial charge is 0.506 e. The van der Waals surface area contributed by atoms with Crippen molar-refractivity contribution in [3.63, 3.8) is 0 Å². The fourth-order valence-corrected chi connectivity index (χ4v) is 4.92. The van der Waals surface area contributed by atoms with Crippen LogP contribution in [0.2, 0.25) is 5.02 Å². The van der Waals surface area contributed by atoms with E-state index in [1.807, 2.05) is 31.3 Å². The fourth-order valence-electron chi connectivity index (χ4n) is 4.43. The van der Waals surface area contributed by atoms with E-state index in [1.54, 1.807) is 18.2 Å². The Morgan fingerprint density at radius 1 is 1.19 bits per heavy atom. The van der Waals surface area contributed by atoms with Gasteiger partial charge in [-0.3, -0.25) is 4.98 Å². The van der Waals surface area contributed by atoms with Gasteiger partial charge in [-0.1, -0.05) is 17.7 Å². The van der Waals surface area contributed by atoms with Crippen molar-refractivity contribution < 1.29 is 5.11 Å².